The van der Waals surface area contributed by atoms with Crippen molar-refractivity contribution in [2.24, 2.45) is 5.92 Å². The van der Waals surface area contributed by atoms with E-state index >= 15 is 0 Å². The Bertz CT molecular complexity index is 797. The quantitative estimate of drug-likeness (QED) is 0.722. The minimum atomic E-state index is -3.44. The maximum absolute atomic E-state index is 12.9. The summed E-state index contributed by atoms with van der Waals surface area (Å²) in [6, 6.07) is 7.41. The molecule has 0 aromatic heterocycles. The fourth-order valence-electron chi connectivity index (χ4n) is 3.81. The van der Waals surface area contributed by atoms with Gasteiger partial charge in [0.1, 0.15) is 7.28 Å². The third-order valence-electron chi connectivity index (χ3n) is 5.55. The molecule has 1 aromatic rings. The van der Waals surface area contributed by atoms with Crippen LogP contribution in [0.15, 0.2) is 53.0 Å². The van der Waals surface area contributed by atoms with Crippen LogP contribution in [0.5, 0.6) is 0 Å². The molecule has 1 aliphatic heterocycles. The molecule has 1 heterocycles. The van der Waals surface area contributed by atoms with E-state index in [1.54, 1.807) is 16.4 Å². The summed E-state index contributed by atoms with van der Waals surface area (Å²) in [6.07, 6.45) is 7.63. The molecule has 1 radical (unpaired) electrons. The van der Waals surface area contributed by atoms with Crippen LogP contribution < -0.4 is 10.8 Å². The highest BCUT2D eigenvalue weighted by Gasteiger charge is 2.31. The van der Waals surface area contributed by atoms with Gasteiger partial charge < -0.3 is 10.4 Å². The molecule has 1 saturated heterocycles. The highest BCUT2D eigenvalue weighted by atomic mass is 32.2. The average molecular weight is 387 g/mol. The van der Waals surface area contributed by atoms with Crippen molar-refractivity contribution in [2.75, 3.05) is 19.7 Å². The number of hydrogen-bond acceptors (Lipinski definition) is 4. The van der Waals surface area contributed by atoms with Crippen LogP contribution in [0.25, 0.3) is 0 Å². The molecule has 1 aromatic carbocycles. The summed E-state index contributed by atoms with van der Waals surface area (Å²) < 4.78 is 27.3. The van der Waals surface area contributed by atoms with Crippen LogP contribution in [-0.2, 0) is 10.0 Å². The van der Waals surface area contributed by atoms with Crippen molar-refractivity contribution in [3.63, 3.8) is 0 Å². The van der Waals surface area contributed by atoms with Gasteiger partial charge in [-0.15, -0.1) is 0 Å². The third-order valence-corrected chi connectivity index (χ3v) is 7.47. The number of piperidine rings is 1. The predicted octanol–water partition coefficient (Wildman–Crippen LogP) is 1.30. The molecule has 0 bridgehead atoms. The summed E-state index contributed by atoms with van der Waals surface area (Å²) in [6.45, 7) is 5.13. The van der Waals surface area contributed by atoms with Gasteiger partial charge in [-0.2, -0.15) is 4.31 Å². The van der Waals surface area contributed by atoms with Crippen LogP contribution in [0.3, 0.4) is 0 Å². The second-order valence-corrected chi connectivity index (χ2v) is 9.26. The Morgan fingerprint density at radius 1 is 1.22 bits per heavy atom. The van der Waals surface area contributed by atoms with Gasteiger partial charge >= 0.3 is 0 Å². The fourth-order valence-corrected chi connectivity index (χ4v) is 5.28. The third kappa shape index (κ3) is 4.54. The first-order valence-electron chi connectivity index (χ1n) is 9.59. The summed E-state index contributed by atoms with van der Waals surface area (Å²) in [5, 5.41) is 13.2. The smallest absolute Gasteiger partial charge is 0.243 e. The summed E-state index contributed by atoms with van der Waals surface area (Å²) in [5.74, 6) is 0.313. The van der Waals surface area contributed by atoms with E-state index in [-0.39, 0.29) is 18.7 Å². The minimum Gasteiger partial charge on any atom is -0.392 e. The molecule has 2 unspecified atom stereocenters. The Balaban J connectivity index is 1.61. The highest BCUT2D eigenvalue weighted by molar-refractivity contribution is 7.89. The van der Waals surface area contributed by atoms with Gasteiger partial charge in [0.25, 0.3) is 0 Å². The zero-order valence-corrected chi connectivity index (χ0v) is 16.8. The largest absolute Gasteiger partial charge is 0.392 e. The molecule has 2 atom stereocenters. The Hall–Kier alpha value is -1.41. The first-order chi connectivity index (χ1) is 13.0. The molecule has 0 saturated carbocycles. The van der Waals surface area contributed by atoms with Crippen molar-refractivity contribution in [3.8, 4) is 0 Å². The number of allylic oxidation sites excluding steroid dienone is 2. The van der Waals surface area contributed by atoms with Gasteiger partial charge in [-0.25, -0.2) is 8.42 Å². The van der Waals surface area contributed by atoms with Crippen LogP contribution in [0.1, 0.15) is 19.8 Å². The molecule has 0 spiro atoms. The summed E-state index contributed by atoms with van der Waals surface area (Å²) in [5.41, 5.74) is 2.01. The molecular formula is C20H28BN2O3S. The van der Waals surface area contributed by atoms with Crippen LogP contribution >= 0.6 is 0 Å². The number of sulfonamides is 1. The number of aliphatic hydroxyl groups is 1. The second-order valence-electron chi connectivity index (χ2n) is 7.32. The molecule has 27 heavy (non-hydrogen) atoms. The van der Waals surface area contributed by atoms with Crippen molar-refractivity contribution in [3.05, 3.63) is 48.1 Å². The Labute approximate surface area is 163 Å². The van der Waals surface area contributed by atoms with E-state index in [2.05, 4.69) is 18.3 Å². The number of rotatable bonds is 6. The van der Waals surface area contributed by atoms with Gasteiger partial charge in [-0.05, 0) is 36.5 Å². The first kappa shape index (κ1) is 20.3. The number of nitrogens with one attached hydrogen (secondary N) is 1. The van der Waals surface area contributed by atoms with E-state index in [0.717, 1.165) is 23.9 Å². The van der Waals surface area contributed by atoms with Crippen molar-refractivity contribution in [1.29, 1.82) is 0 Å². The molecule has 145 valence electrons. The van der Waals surface area contributed by atoms with Crippen molar-refractivity contribution in [2.45, 2.75) is 43.6 Å². The summed E-state index contributed by atoms with van der Waals surface area (Å²) in [4.78, 5) is 0.357. The zero-order chi connectivity index (χ0) is 19.4. The van der Waals surface area contributed by atoms with E-state index in [1.807, 2.05) is 38.4 Å². The number of benzene rings is 1. The molecule has 2 aliphatic rings. The zero-order valence-electron chi connectivity index (χ0n) is 16.0. The van der Waals surface area contributed by atoms with Crippen molar-refractivity contribution >= 4 is 22.8 Å². The second kappa shape index (κ2) is 8.73. The lowest BCUT2D eigenvalue weighted by atomic mass is 9.74. The number of hydrogen-bond donors (Lipinski definition) is 2. The van der Waals surface area contributed by atoms with E-state index in [9.17, 15) is 13.5 Å². The van der Waals surface area contributed by atoms with Gasteiger partial charge in [0.15, 0.2) is 0 Å². The van der Waals surface area contributed by atoms with Crippen molar-refractivity contribution in [1.82, 2.24) is 9.62 Å². The van der Waals surface area contributed by atoms with Gasteiger partial charge in [0, 0.05) is 25.2 Å². The SMILES string of the molecule is C[B]c1ccc(S(=O)(=O)N2CCC(NC3C(CO)=CC=CC3C)CC2)cc1. The van der Waals surface area contributed by atoms with Crippen LogP contribution in [-0.4, -0.2) is 56.9 Å². The van der Waals surface area contributed by atoms with Crippen LogP contribution in [0.4, 0.5) is 0 Å². The average Bonchev–Trinajstić information content (AvgIpc) is 2.70. The number of nitrogens with zero attached hydrogens (tertiary/aromatic N) is 1. The van der Waals surface area contributed by atoms with Gasteiger partial charge in [-0.3, -0.25) is 0 Å². The molecule has 1 aliphatic carbocycles. The van der Waals surface area contributed by atoms with Gasteiger partial charge in [-0.1, -0.05) is 49.6 Å². The van der Waals surface area contributed by atoms with E-state index in [0.29, 0.717) is 23.9 Å². The normalized spacial score (nSPS) is 24.6. The van der Waals surface area contributed by atoms with Crippen molar-refractivity contribution < 1.29 is 13.5 Å². The maximum Gasteiger partial charge on any atom is 0.243 e. The Morgan fingerprint density at radius 2 is 1.89 bits per heavy atom. The van der Waals surface area contributed by atoms with Gasteiger partial charge in [0.2, 0.25) is 10.0 Å². The lowest BCUT2D eigenvalue weighted by Gasteiger charge is -2.36. The van der Waals surface area contributed by atoms with Crippen LogP contribution in [0, 0.1) is 5.92 Å². The Kier molecular flexibility index (Phi) is 6.58. The number of aliphatic hydroxyl groups excluding tert-OH is 1. The fraction of sp³-hybridized carbons (Fsp3) is 0.500. The lowest BCUT2D eigenvalue weighted by molar-refractivity contribution is 0.254. The van der Waals surface area contributed by atoms with E-state index in [4.69, 9.17) is 0 Å². The molecular weight excluding hydrogens is 359 g/mol. The first-order valence-corrected chi connectivity index (χ1v) is 11.0. The maximum atomic E-state index is 12.9. The van der Waals surface area contributed by atoms with E-state index in [1.165, 1.54) is 0 Å². The van der Waals surface area contributed by atoms with Gasteiger partial charge in [0.05, 0.1) is 11.5 Å². The monoisotopic (exact) mass is 387 g/mol. The Morgan fingerprint density at radius 3 is 2.48 bits per heavy atom. The van der Waals surface area contributed by atoms with Crippen LogP contribution in [0.2, 0.25) is 6.82 Å². The summed E-state index contributed by atoms with van der Waals surface area (Å²) >= 11 is 0. The topological polar surface area (TPSA) is 69.6 Å². The highest BCUT2D eigenvalue weighted by Crippen LogP contribution is 2.24. The molecule has 1 fully saturated rings. The molecule has 0 amide bonds. The predicted molar refractivity (Wildman–Crippen MR) is 110 cm³/mol. The standard InChI is InChI=1S/C20H28BN2O3S/c1-15-4-3-5-16(14-24)20(15)22-18-10-12-23(13-11-18)27(25,26)19-8-6-17(21-2)7-9-19/h3-9,15,18,20,22,24H,10-14H2,1-2H3. The minimum absolute atomic E-state index is 0.0464. The molecule has 2 N–H and O–H groups in total. The molecule has 5 nitrogen and oxygen atoms in total. The summed E-state index contributed by atoms with van der Waals surface area (Å²) in [7, 11) is -1.49. The lowest BCUT2D eigenvalue weighted by Crippen LogP contribution is -2.50. The van der Waals surface area contributed by atoms with E-state index < -0.39 is 10.0 Å². The molecule has 7 heteroatoms. The molecule has 3 rings (SSSR count).